The summed E-state index contributed by atoms with van der Waals surface area (Å²) in [7, 11) is 1.82. The van der Waals surface area contributed by atoms with Crippen LogP contribution < -0.4 is 10.2 Å². The molecule has 3 heteroatoms. The summed E-state index contributed by atoms with van der Waals surface area (Å²) < 4.78 is 5.53. The molecule has 0 bridgehead atoms. The van der Waals surface area contributed by atoms with Crippen molar-refractivity contribution >= 4 is 5.69 Å². The number of hydrogen-bond acceptors (Lipinski definition) is 3. The highest BCUT2D eigenvalue weighted by atomic mass is 16.5. The Morgan fingerprint density at radius 1 is 1.42 bits per heavy atom. The van der Waals surface area contributed by atoms with Crippen LogP contribution >= 0.6 is 0 Å². The second kappa shape index (κ2) is 6.92. The van der Waals surface area contributed by atoms with E-state index in [2.05, 4.69) is 42.3 Å². The molecule has 0 spiro atoms. The topological polar surface area (TPSA) is 24.5 Å². The number of aryl methyl sites for hydroxylation is 1. The normalized spacial score (nSPS) is 19.7. The van der Waals surface area contributed by atoms with Crippen molar-refractivity contribution in [2.24, 2.45) is 0 Å². The molecule has 1 saturated heterocycles. The van der Waals surface area contributed by atoms with E-state index < -0.39 is 0 Å². The van der Waals surface area contributed by atoms with E-state index in [9.17, 15) is 0 Å². The zero-order valence-corrected chi connectivity index (χ0v) is 12.4. The highest BCUT2D eigenvalue weighted by molar-refractivity contribution is 5.55. The lowest BCUT2D eigenvalue weighted by atomic mass is 10.0. The van der Waals surface area contributed by atoms with Crippen molar-refractivity contribution in [2.45, 2.75) is 39.3 Å². The largest absolute Gasteiger partial charge is 0.380 e. The average molecular weight is 262 g/mol. The van der Waals surface area contributed by atoms with Crippen LogP contribution in [0.25, 0.3) is 0 Å². The molecule has 0 amide bonds. The minimum Gasteiger partial charge on any atom is -0.380 e. The van der Waals surface area contributed by atoms with Crippen molar-refractivity contribution in [2.75, 3.05) is 31.6 Å². The maximum Gasteiger partial charge on any atom is 0.0746 e. The Labute approximate surface area is 116 Å². The van der Waals surface area contributed by atoms with E-state index in [4.69, 9.17) is 4.74 Å². The standard InChI is InChI=1S/C16H26N2O/c1-4-17-11-14-10-13(2)7-8-16(14)18-9-5-6-15(12-18)19-3/h7-8,10,15,17H,4-6,9,11-12H2,1-3H3. The molecule has 106 valence electrons. The Morgan fingerprint density at radius 2 is 2.26 bits per heavy atom. The molecule has 1 fully saturated rings. The molecule has 1 atom stereocenters. The molecule has 1 heterocycles. The van der Waals surface area contributed by atoms with Gasteiger partial charge in [-0.3, -0.25) is 0 Å². The Kier molecular flexibility index (Phi) is 5.23. The van der Waals surface area contributed by atoms with Gasteiger partial charge in [0.2, 0.25) is 0 Å². The van der Waals surface area contributed by atoms with Gasteiger partial charge in [-0.05, 0) is 37.9 Å². The molecular formula is C16H26N2O. The molecule has 0 aromatic heterocycles. The van der Waals surface area contributed by atoms with Crippen LogP contribution in [-0.2, 0) is 11.3 Å². The quantitative estimate of drug-likeness (QED) is 0.883. The molecule has 0 aliphatic carbocycles. The smallest absolute Gasteiger partial charge is 0.0746 e. The van der Waals surface area contributed by atoms with Crippen LogP contribution in [0.5, 0.6) is 0 Å². The summed E-state index contributed by atoms with van der Waals surface area (Å²) in [5.41, 5.74) is 4.10. The second-order valence-corrected chi connectivity index (χ2v) is 5.36. The van der Waals surface area contributed by atoms with E-state index in [1.807, 2.05) is 7.11 Å². The van der Waals surface area contributed by atoms with Gasteiger partial charge in [-0.2, -0.15) is 0 Å². The lowest BCUT2D eigenvalue weighted by Gasteiger charge is -2.35. The lowest BCUT2D eigenvalue weighted by molar-refractivity contribution is 0.0893. The Hall–Kier alpha value is -1.06. The number of rotatable bonds is 5. The molecule has 1 N–H and O–H groups in total. The number of anilines is 1. The zero-order valence-electron chi connectivity index (χ0n) is 12.4. The van der Waals surface area contributed by atoms with Gasteiger partial charge in [0.25, 0.3) is 0 Å². The van der Waals surface area contributed by atoms with Crippen molar-refractivity contribution in [1.29, 1.82) is 0 Å². The van der Waals surface area contributed by atoms with E-state index >= 15 is 0 Å². The SMILES string of the molecule is CCNCc1cc(C)ccc1N1CCCC(OC)C1. The summed E-state index contributed by atoms with van der Waals surface area (Å²) in [6.45, 7) is 8.42. The number of nitrogens with one attached hydrogen (secondary N) is 1. The molecule has 3 nitrogen and oxygen atoms in total. The summed E-state index contributed by atoms with van der Waals surface area (Å²) in [5.74, 6) is 0. The predicted octanol–water partition coefficient (Wildman–Crippen LogP) is 2.72. The molecule has 19 heavy (non-hydrogen) atoms. The van der Waals surface area contributed by atoms with Crippen LogP contribution in [0.2, 0.25) is 0 Å². The number of piperidine rings is 1. The summed E-state index contributed by atoms with van der Waals surface area (Å²) in [6.07, 6.45) is 2.77. The number of methoxy groups -OCH3 is 1. The first-order valence-electron chi connectivity index (χ1n) is 7.32. The minimum absolute atomic E-state index is 0.377. The first-order chi connectivity index (χ1) is 9.24. The van der Waals surface area contributed by atoms with E-state index in [1.54, 1.807) is 0 Å². The number of hydrogen-bond donors (Lipinski definition) is 1. The van der Waals surface area contributed by atoms with Crippen LogP contribution in [0, 0.1) is 6.92 Å². The molecule has 1 aromatic rings. The van der Waals surface area contributed by atoms with E-state index in [-0.39, 0.29) is 0 Å². The van der Waals surface area contributed by atoms with Crippen molar-refractivity contribution in [3.05, 3.63) is 29.3 Å². The molecular weight excluding hydrogens is 236 g/mol. The van der Waals surface area contributed by atoms with Gasteiger partial charge < -0.3 is 15.0 Å². The van der Waals surface area contributed by atoms with Gasteiger partial charge in [0.1, 0.15) is 0 Å². The Morgan fingerprint density at radius 3 is 3.00 bits per heavy atom. The van der Waals surface area contributed by atoms with Gasteiger partial charge in [-0.1, -0.05) is 24.6 Å². The first-order valence-corrected chi connectivity index (χ1v) is 7.32. The molecule has 0 saturated carbocycles. The third kappa shape index (κ3) is 3.71. The van der Waals surface area contributed by atoms with Gasteiger partial charge in [-0.15, -0.1) is 0 Å². The van der Waals surface area contributed by atoms with E-state index in [1.165, 1.54) is 29.7 Å². The van der Waals surface area contributed by atoms with Gasteiger partial charge in [0.05, 0.1) is 6.10 Å². The van der Waals surface area contributed by atoms with Crippen LogP contribution in [0.3, 0.4) is 0 Å². The molecule has 1 aliphatic heterocycles. The van der Waals surface area contributed by atoms with E-state index in [0.29, 0.717) is 6.10 Å². The summed E-state index contributed by atoms with van der Waals surface area (Å²) >= 11 is 0. The third-order valence-corrected chi connectivity index (χ3v) is 3.85. The van der Waals surface area contributed by atoms with Crippen LogP contribution in [-0.4, -0.2) is 32.8 Å². The molecule has 0 radical (unpaired) electrons. The van der Waals surface area contributed by atoms with Crippen LogP contribution in [0.15, 0.2) is 18.2 Å². The van der Waals surface area contributed by atoms with Crippen molar-refractivity contribution < 1.29 is 4.74 Å². The third-order valence-electron chi connectivity index (χ3n) is 3.85. The van der Waals surface area contributed by atoms with Crippen LogP contribution in [0.4, 0.5) is 5.69 Å². The summed E-state index contributed by atoms with van der Waals surface area (Å²) in [5, 5.41) is 3.44. The van der Waals surface area contributed by atoms with Gasteiger partial charge in [0.15, 0.2) is 0 Å². The maximum absolute atomic E-state index is 5.53. The fourth-order valence-corrected chi connectivity index (χ4v) is 2.77. The molecule has 1 aromatic carbocycles. The summed E-state index contributed by atoms with van der Waals surface area (Å²) in [6, 6.07) is 6.77. The molecule has 1 aliphatic rings. The minimum atomic E-state index is 0.377. The fraction of sp³-hybridized carbons (Fsp3) is 0.625. The highest BCUT2D eigenvalue weighted by Crippen LogP contribution is 2.26. The number of benzene rings is 1. The summed E-state index contributed by atoms with van der Waals surface area (Å²) in [4.78, 5) is 2.48. The van der Waals surface area contributed by atoms with E-state index in [0.717, 1.165) is 26.2 Å². The predicted molar refractivity (Wildman–Crippen MR) is 80.8 cm³/mol. The van der Waals surface area contributed by atoms with Gasteiger partial charge >= 0.3 is 0 Å². The highest BCUT2D eigenvalue weighted by Gasteiger charge is 2.21. The molecule has 1 unspecified atom stereocenters. The monoisotopic (exact) mass is 262 g/mol. The maximum atomic E-state index is 5.53. The molecule has 2 rings (SSSR count). The van der Waals surface area contributed by atoms with Gasteiger partial charge in [-0.25, -0.2) is 0 Å². The lowest BCUT2D eigenvalue weighted by Crippen LogP contribution is -2.39. The first kappa shape index (κ1) is 14.4. The van der Waals surface area contributed by atoms with Crippen molar-refractivity contribution in [3.63, 3.8) is 0 Å². The fourth-order valence-electron chi connectivity index (χ4n) is 2.77. The Bertz CT molecular complexity index is 406. The zero-order chi connectivity index (χ0) is 13.7. The van der Waals surface area contributed by atoms with Crippen molar-refractivity contribution in [3.8, 4) is 0 Å². The van der Waals surface area contributed by atoms with Gasteiger partial charge in [0, 0.05) is 32.4 Å². The number of nitrogens with zero attached hydrogens (tertiary/aromatic N) is 1. The average Bonchev–Trinajstić information content (AvgIpc) is 2.45. The second-order valence-electron chi connectivity index (χ2n) is 5.36. The van der Waals surface area contributed by atoms with Crippen LogP contribution in [0.1, 0.15) is 30.9 Å². The Balaban J connectivity index is 2.17. The number of ether oxygens (including phenoxy) is 1. The van der Waals surface area contributed by atoms with Crippen molar-refractivity contribution in [1.82, 2.24) is 5.32 Å².